The van der Waals surface area contributed by atoms with Crippen molar-refractivity contribution < 1.29 is 4.79 Å². The number of hydrogen-bond donors (Lipinski definition) is 1. The summed E-state index contributed by atoms with van der Waals surface area (Å²) in [6.07, 6.45) is 0. The maximum Gasteiger partial charge on any atom is 0.273 e. The smallest absolute Gasteiger partial charge is 0.273 e. The first-order valence-corrected chi connectivity index (χ1v) is 10.3. The molecule has 0 saturated carbocycles. The van der Waals surface area contributed by atoms with E-state index in [0.717, 1.165) is 27.9 Å². The Morgan fingerprint density at radius 3 is 2.40 bits per heavy atom. The zero-order chi connectivity index (χ0) is 20.7. The van der Waals surface area contributed by atoms with Gasteiger partial charge in [-0.05, 0) is 35.4 Å². The third-order valence-corrected chi connectivity index (χ3v) is 5.83. The van der Waals surface area contributed by atoms with Crippen molar-refractivity contribution in [1.29, 1.82) is 0 Å². The Hall–Kier alpha value is -3.08. The number of fused-ring (bicyclic) bond motifs is 1. The summed E-state index contributed by atoms with van der Waals surface area (Å²) in [7, 11) is 0. The summed E-state index contributed by atoms with van der Waals surface area (Å²) in [6, 6.07) is 24.8. The maximum atomic E-state index is 13.4. The minimum atomic E-state index is -0.296. The van der Waals surface area contributed by atoms with Crippen LogP contribution in [0.3, 0.4) is 0 Å². The summed E-state index contributed by atoms with van der Waals surface area (Å²) in [5.74, 6) is -0.0837. The van der Waals surface area contributed by atoms with Crippen molar-refractivity contribution in [2.75, 3.05) is 0 Å². The Bertz CT molecular complexity index is 1220. The number of aromatic nitrogens is 2. The Morgan fingerprint density at radius 2 is 1.67 bits per heavy atom. The third-order valence-electron chi connectivity index (χ3n) is 5.34. The molecule has 1 aliphatic rings. The summed E-state index contributed by atoms with van der Waals surface area (Å²) in [6.45, 7) is 0.448. The van der Waals surface area contributed by atoms with E-state index in [2.05, 4.69) is 10.2 Å². The highest BCUT2D eigenvalue weighted by Crippen LogP contribution is 2.43. The standard InChI is InChI=1S/C24H17Cl2N3O/c25-18-11-9-15(10-12-18)14-29-23(17-7-4-8-19(26)13-17)20-21(16-5-2-1-3-6-16)27-28-22(20)24(29)30/h1-13,23H,14H2,(H,27,28). The molecule has 1 aromatic heterocycles. The molecule has 0 aliphatic carbocycles. The van der Waals surface area contributed by atoms with Crippen LogP contribution in [0.5, 0.6) is 0 Å². The highest BCUT2D eigenvalue weighted by molar-refractivity contribution is 6.30. The Morgan fingerprint density at radius 1 is 0.900 bits per heavy atom. The van der Waals surface area contributed by atoms with E-state index in [9.17, 15) is 4.79 Å². The van der Waals surface area contributed by atoms with Crippen molar-refractivity contribution in [3.63, 3.8) is 0 Å². The molecule has 1 atom stereocenters. The van der Waals surface area contributed by atoms with Gasteiger partial charge in [0.25, 0.3) is 5.91 Å². The number of H-pyrrole nitrogens is 1. The zero-order valence-corrected chi connectivity index (χ0v) is 17.4. The number of hydrogen-bond acceptors (Lipinski definition) is 2. The van der Waals surface area contributed by atoms with Crippen LogP contribution in [0.25, 0.3) is 11.3 Å². The molecule has 2 heterocycles. The summed E-state index contributed by atoms with van der Waals surface area (Å²) in [4.78, 5) is 15.2. The molecule has 1 unspecified atom stereocenters. The molecule has 6 heteroatoms. The van der Waals surface area contributed by atoms with E-state index < -0.39 is 0 Å². The van der Waals surface area contributed by atoms with Crippen LogP contribution in [0.2, 0.25) is 10.0 Å². The average molecular weight is 434 g/mol. The third kappa shape index (κ3) is 3.28. The van der Waals surface area contributed by atoms with Crippen molar-refractivity contribution >= 4 is 29.1 Å². The van der Waals surface area contributed by atoms with Crippen LogP contribution in [0.15, 0.2) is 78.9 Å². The quantitative estimate of drug-likeness (QED) is 0.420. The second-order valence-electron chi connectivity index (χ2n) is 7.24. The summed E-state index contributed by atoms with van der Waals surface area (Å²) < 4.78 is 0. The van der Waals surface area contributed by atoms with Crippen LogP contribution in [0.4, 0.5) is 0 Å². The predicted octanol–water partition coefficient (Wildman–Crippen LogP) is 6.13. The first kappa shape index (κ1) is 18.9. The highest BCUT2D eigenvalue weighted by atomic mass is 35.5. The molecule has 0 spiro atoms. The van der Waals surface area contributed by atoms with E-state index in [1.165, 1.54) is 0 Å². The summed E-state index contributed by atoms with van der Waals surface area (Å²) >= 11 is 12.3. The maximum absolute atomic E-state index is 13.4. The van der Waals surface area contributed by atoms with Crippen LogP contribution in [0.1, 0.15) is 33.2 Å². The van der Waals surface area contributed by atoms with Gasteiger partial charge in [-0.1, -0.05) is 77.8 Å². The van der Waals surface area contributed by atoms with Crippen LogP contribution >= 0.6 is 23.2 Å². The molecule has 0 radical (unpaired) electrons. The van der Waals surface area contributed by atoms with Crippen molar-refractivity contribution in [3.05, 3.63) is 111 Å². The Kier molecular flexibility index (Phi) is 4.81. The number of aromatic amines is 1. The van der Waals surface area contributed by atoms with Crippen molar-refractivity contribution in [3.8, 4) is 11.3 Å². The molecular weight excluding hydrogens is 417 g/mol. The predicted molar refractivity (Wildman–Crippen MR) is 119 cm³/mol. The lowest BCUT2D eigenvalue weighted by atomic mass is 9.96. The molecule has 0 bridgehead atoms. The van der Waals surface area contributed by atoms with Crippen molar-refractivity contribution in [2.24, 2.45) is 0 Å². The molecule has 148 valence electrons. The van der Waals surface area contributed by atoms with Crippen LogP contribution in [-0.4, -0.2) is 21.0 Å². The zero-order valence-electron chi connectivity index (χ0n) is 15.8. The van der Waals surface area contributed by atoms with Gasteiger partial charge in [-0.3, -0.25) is 9.89 Å². The number of nitrogens with zero attached hydrogens (tertiary/aromatic N) is 2. The first-order chi connectivity index (χ1) is 14.6. The monoisotopic (exact) mass is 433 g/mol. The molecule has 4 nitrogen and oxygen atoms in total. The van der Waals surface area contributed by atoms with E-state index in [1.807, 2.05) is 83.8 Å². The van der Waals surface area contributed by atoms with Gasteiger partial charge in [-0.2, -0.15) is 5.10 Å². The number of amides is 1. The van der Waals surface area contributed by atoms with Crippen LogP contribution < -0.4 is 0 Å². The fraction of sp³-hybridized carbons (Fsp3) is 0.0833. The second kappa shape index (κ2) is 7.63. The SMILES string of the molecule is O=C1c2[nH]nc(-c3ccccc3)c2C(c2cccc(Cl)c2)N1Cc1ccc(Cl)cc1. The lowest BCUT2D eigenvalue weighted by Crippen LogP contribution is -2.29. The molecule has 1 amide bonds. The molecule has 30 heavy (non-hydrogen) atoms. The molecule has 4 aromatic rings. The van der Waals surface area contributed by atoms with E-state index in [-0.39, 0.29) is 11.9 Å². The number of benzene rings is 3. The second-order valence-corrected chi connectivity index (χ2v) is 8.12. The Balaban J connectivity index is 1.64. The van der Waals surface area contributed by atoms with Crippen LogP contribution in [0, 0.1) is 0 Å². The summed E-state index contributed by atoms with van der Waals surface area (Å²) in [5, 5.41) is 8.76. The fourth-order valence-electron chi connectivity index (χ4n) is 3.99. The average Bonchev–Trinajstić information content (AvgIpc) is 3.30. The molecule has 1 N–H and O–H groups in total. The number of nitrogens with one attached hydrogen (secondary N) is 1. The molecule has 0 fully saturated rings. The summed E-state index contributed by atoms with van der Waals surface area (Å²) in [5.41, 5.74) is 5.09. The largest absolute Gasteiger partial charge is 0.322 e. The van der Waals surface area contributed by atoms with Gasteiger partial charge in [0.05, 0.1) is 11.7 Å². The van der Waals surface area contributed by atoms with Gasteiger partial charge >= 0.3 is 0 Å². The van der Waals surface area contributed by atoms with Crippen LogP contribution in [-0.2, 0) is 6.54 Å². The first-order valence-electron chi connectivity index (χ1n) is 9.56. The lowest BCUT2D eigenvalue weighted by Gasteiger charge is -2.26. The molecule has 5 rings (SSSR count). The van der Waals surface area contributed by atoms with E-state index >= 15 is 0 Å². The minimum absolute atomic E-state index is 0.0837. The molecular formula is C24H17Cl2N3O. The number of carbonyl (C=O) groups excluding carboxylic acids is 1. The topological polar surface area (TPSA) is 49.0 Å². The van der Waals surface area contributed by atoms with Gasteiger partial charge in [-0.25, -0.2) is 0 Å². The van der Waals surface area contributed by atoms with Crippen molar-refractivity contribution in [1.82, 2.24) is 15.1 Å². The van der Waals surface area contributed by atoms with E-state index in [0.29, 0.717) is 22.3 Å². The van der Waals surface area contributed by atoms with Gasteiger partial charge < -0.3 is 4.90 Å². The highest BCUT2D eigenvalue weighted by Gasteiger charge is 2.42. The van der Waals surface area contributed by atoms with Crippen molar-refractivity contribution in [2.45, 2.75) is 12.6 Å². The molecule has 0 saturated heterocycles. The van der Waals surface area contributed by atoms with Gasteiger partial charge in [0.2, 0.25) is 0 Å². The number of rotatable bonds is 4. The van der Waals surface area contributed by atoms with E-state index in [4.69, 9.17) is 23.2 Å². The molecule has 3 aromatic carbocycles. The van der Waals surface area contributed by atoms with Gasteiger partial charge in [0.1, 0.15) is 5.69 Å². The number of carbonyl (C=O) groups is 1. The van der Waals surface area contributed by atoms with Gasteiger partial charge in [0.15, 0.2) is 0 Å². The lowest BCUT2D eigenvalue weighted by molar-refractivity contribution is 0.0730. The minimum Gasteiger partial charge on any atom is -0.322 e. The number of halogens is 2. The van der Waals surface area contributed by atoms with Gasteiger partial charge in [0, 0.05) is 27.7 Å². The van der Waals surface area contributed by atoms with Gasteiger partial charge in [-0.15, -0.1) is 0 Å². The Labute approximate surface area is 184 Å². The van der Waals surface area contributed by atoms with E-state index in [1.54, 1.807) is 0 Å². The normalized spacial score (nSPS) is 15.5. The fourth-order valence-corrected chi connectivity index (χ4v) is 4.31. The molecule has 1 aliphatic heterocycles.